The molecule has 0 atom stereocenters. The van der Waals surface area contributed by atoms with Crippen LogP contribution in [-0.2, 0) is 6.54 Å². The summed E-state index contributed by atoms with van der Waals surface area (Å²) in [4.78, 5) is 25.5. The number of primary amides is 1. The van der Waals surface area contributed by atoms with E-state index in [2.05, 4.69) is 4.98 Å². The highest BCUT2D eigenvalue weighted by Gasteiger charge is 2.23. The number of benzene rings is 1. The summed E-state index contributed by atoms with van der Waals surface area (Å²) in [7, 11) is 1.37. The largest absolute Gasteiger partial charge is 0.493 e. The minimum atomic E-state index is -0.907. The molecule has 0 unspecified atom stereocenters. The average molecular weight is 306 g/mol. The maximum atomic E-state index is 11.3. The molecule has 9 heteroatoms. The summed E-state index contributed by atoms with van der Waals surface area (Å²) < 4.78 is 12.4. The van der Waals surface area contributed by atoms with Gasteiger partial charge in [0.05, 0.1) is 31.0 Å². The van der Waals surface area contributed by atoms with Gasteiger partial charge in [0.25, 0.3) is 11.6 Å². The van der Waals surface area contributed by atoms with Crippen LogP contribution in [0.5, 0.6) is 11.5 Å². The lowest BCUT2D eigenvalue weighted by Crippen LogP contribution is -2.14. The third-order valence-corrected chi connectivity index (χ3v) is 2.91. The van der Waals surface area contributed by atoms with Crippen molar-refractivity contribution in [1.82, 2.24) is 9.55 Å². The molecule has 2 aromatic rings. The molecular weight excluding hydrogens is 292 g/mol. The number of amides is 1. The molecule has 0 saturated heterocycles. The molecule has 0 radical (unpaired) electrons. The van der Waals surface area contributed by atoms with Crippen molar-refractivity contribution in [3.05, 3.63) is 46.5 Å². The number of nitrogens with zero attached hydrogens (tertiary/aromatic N) is 3. The molecule has 1 aromatic carbocycles. The Labute approximate surface area is 125 Å². The molecule has 0 aliphatic carbocycles. The predicted octanol–water partition coefficient (Wildman–Crippen LogP) is 0.978. The van der Waals surface area contributed by atoms with Crippen LogP contribution in [0.15, 0.2) is 30.9 Å². The summed E-state index contributed by atoms with van der Waals surface area (Å²) >= 11 is 0. The Balaban J connectivity index is 2.23. The first kappa shape index (κ1) is 15.3. The van der Waals surface area contributed by atoms with Gasteiger partial charge in [0.1, 0.15) is 12.2 Å². The predicted molar refractivity (Wildman–Crippen MR) is 75.9 cm³/mol. The van der Waals surface area contributed by atoms with E-state index in [0.29, 0.717) is 6.54 Å². The molecule has 0 spiro atoms. The van der Waals surface area contributed by atoms with Crippen LogP contribution in [0.4, 0.5) is 5.69 Å². The topological polar surface area (TPSA) is 123 Å². The Hall–Kier alpha value is -3.10. The second-order valence-electron chi connectivity index (χ2n) is 4.29. The van der Waals surface area contributed by atoms with Crippen LogP contribution in [0.2, 0.25) is 0 Å². The van der Waals surface area contributed by atoms with Crippen LogP contribution in [-0.4, -0.2) is 34.1 Å². The van der Waals surface area contributed by atoms with E-state index < -0.39 is 16.5 Å². The Morgan fingerprint density at radius 1 is 1.45 bits per heavy atom. The van der Waals surface area contributed by atoms with E-state index in [4.69, 9.17) is 15.2 Å². The summed E-state index contributed by atoms with van der Waals surface area (Å²) in [5.41, 5.74) is 4.48. The maximum Gasteiger partial charge on any atom is 0.286 e. The molecule has 1 heterocycles. The third-order valence-electron chi connectivity index (χ3n) is 2.91. The smallest absolute Gasteiger partial charge is 0.286 e. The summed E-state index contributed by atoms with van der Waals surface area (Å²) in [5.74, 6) is -0.542. The molecule has 0 aliphatic heterocycles. The van der Waals surface area contributed by atoms with Crippen molar-refractivity contribution in [3.8, 4) is 11.5 Å². The second kappa shape index (κ2) is 6.57. The molecule has 9 nitrogen and oxygen atoms in total. The van der Waals surface area contributed by atoms with Gasteiger partial charge in [0.15, 0.2) is 11.5 Å². The minimum Gasteiger partial charge on any atom is -0.493 e. The van der Waals surface area contributed by atoms with Crippen molar-refractivity contribution in [1.29, 1.82) is 0 Å². The molecule has 116 valence electrons. The van der Waals surface area contributed by atoms with Gasteiger partial charge < -0.3 is 19.8 Å². The van der Waals surface area contributed by atoms with Gasteiger partial charge in [-0.05, 0) is 0 Å². The molecular formula is C13H14N4O5. The summed E-state index contributed by atoms with van der Waals surface area (Å²) in [6, 6.07) is 2.33. The standard InChI is InChI=1S/C13H14N4O5/c1-21-11-6-9(13(14)18)10(17(19)20)7-12(11)22-5-4-16-3-2-15-8-16/h2-3,6-8H,4-5H2,1H3,(H2,14,18). The Bertz CT molecular complexity index is 684. The van der Waals surface area contributed by atoms with Gasteiger partial charge in [-0.25, -0.2) is 4.98 Å². The van der Waals surface area contributed by atoms with Gasteiger partial charge in [0.2, 0.25) is 0 Å². The molecule has 2 N–H and O–H groups in total. The quantitative estimate of drug-likeness (QED) is 0.601. The number of hydrogen-bond acceptors (Lipinski definition) is 6. The van der Waals surface area contributed by atoms with Crippen LogP contribution in [0.1, 0.15) is 10.4 Å². The van der Waals surface area contributed by atoms with E-state index in [0.717, 1.165) is 6.07 Å². The lowest BCUT2D eigenvalue weighted by molar-refractivity contribution is -0.385. The Kier molecular flexibility index (Phi) is 4.57. The number of nitrogens with two attached hydrogens (primary N) is 1. The van der Waals surface area contributed by atoms with Crippen molar-refractivity contribution < 1.29 is 19.2 Å². The number of ether oxygens (including phenoxy) is 2. The lowest BCUT2D eigenvalue weighted by atomic mass is 10.1. The van der Waals surface area contributed by atoms with Crippen LogP contribution in [0, 0.1) is 10.1 Å². The fourth-order valence-corrected chi connectivity index (χ4v) is 1.85. The van der Waals surface area contributed by atoms with Gasteiger partial charge in [-0.3, -0.25) is 14.9 Å². The van der Waals surface area contributed by atoms with Gasteiger partial charge in [-0.15, -0.1) is 0 Å². The number of nitro groups is 1. The third kappa shape index (κ3) is 3.32. The van der Waals surface area contributed by atoms with Crippen LogP contribution in [0.3, 0.4) is 0 Å². The van der Waals surface area contributed by atoms with Crippen LogP contribution >= 0.6 is 0 Å². The lowest BCUT2D eigenvalue weighted by Gasteiger charge is -2.12. The van der Waals surface area contributed by atoms with Crippen molar-refractivity contribution >= 4 is 11.6 Å². The molecule has 0 fully saturated rings. The van der Waals surface area contributed by atoms with Crippen LogP contribution < -0.4 is 15.2 Å². The number of imidazole rings is 1. The first-order valence-corrected chi connectivity index (χ1v) is 6.27. The van der Waals surface area contributed by atoms with Gasteiger partial charge in [-0.1, -0.05) is 0 Å². The van der Waals surface area contributed by atoms with E-state index in [1.807, 2.05) is 0 Å². The summed E-state index contributed by atoms with van der Waals surface area (Å²) in [6.45, 7) is 0.758. The van der Waals surface area contributed by atoms with E-state index in [1.165, 1.54) is 13.2 Å². The van der Waals surface area contributed by atoms with Gasteiger partial charge in [0, 0.05) is 18.5 Å². The molecule has 0 bridgehead atoms. The van der Waals surface area contributed by atoms with Crippen molar-refractivity contribution in [2.45, 2.75) is 6.54 Å². The highest BCUT2D eigenvalue weighted by Crippen LogP contribution is 2.34. The Morgan fingerprint density at radius 2 is 2.23 bits per heavy atom. The number of rotatable bonds is 7. The van der Waals surface area contributed by atoms with E-state index in [-0.39, 0.29) is 23.7 Å². The summed E-state index contributed by atoms with van der Waals surface area (Å²) in [6.07, 6.45) is 5.02. The fraction of sp³-hybridized carbons (Fsp3) is 0.231. The molecule has 1 amide bonds. The first-order valence-electron chi connectivity index (χ1n) is 6.27. The maximum absolute atomic E-state index is 11.3. The van der Waals surface area contributed by atoms with E-state index in [1.54, 1.807) is 23.3 Å². The van der Waals surface area contributed by atoms with Crippen LogP contribution in [0.25, 0.3) is 0 Å². The second-order valence-corrected chi connectivity index (χ2v) is 4.29. The molecule has 0 aliphatic rings. The Morgan fingerprint density at radius 3 is 2.77 bits per heavy atom. The number of aromatic nitrogens is 2. The van der Waals surface area contributed by atoms with E-state index >= 15 is 0 Å². The number of methoxy groups -OCH3 is 1. The number of carbonyl (C=O) groups excluding carboxylic acids is 1. The summed E-state index contributed by atoms with van der Waals surface area (Å²) in [5, 5.41) is 11.0. The van der Waals surface area contributed by atoms with Crippen molar-refractivity contribution in [3.63, 3.8) is 0 Å². The molecule has 22 heavy (non-hydrogen) atoms. The number of carbonyl (C=O) groups is 1. The van der Waals surface area contributed by atoms with Gasteiger partial charge >= 0.3 is 0 Å². The monoisotopic (exact) mass is 306 g/mol. The van der Waals surface area contributed by atoms with Crippen molar-refractivity contribution in [2.75, 3.05) is 13.7 Å². The molecule has 0 saturated carbocycles. The fourth-order valence-electron chi connectivity index (χ4n) is 1.85. The normalized spacial score (nSPS) is 10.2. The minimum absolute atomic E-state index is 0.166. The van der Waals surface area contributed by atoms with Gasteiger partial charge in [-0.2, -0.15) is 0 Å². The number of nitro benzene ring substituents is 1. The van der Waals surface area contributed by atoms with E-state index in [9.17, 15) is 14.9 Å². The zero-order chi connectivity index (χ0) is 16.1. The number of hydrogen-bond donors (Lipinski definition) is 1. The van der Waals surface area contributed by atoms with Crippen molar-refractivity contribution in [2.24, 2.45) is 5.73 Å². The SMILES string of the molecule is COc1cc(C(N)=O)c([N+](=O)[O-])cc1OCCn1ccnc1. The first-order chi connectivity index (χ1) is 10.5. The average Bonchev–Trinajstić information content (AvgIpc) is 2.99. The highest BCUT2D eigenvalue weighted by molar-refractivity contribution is 5.97. The zero-order valence-electron chi connectivity index (χ0n) is 11.8. The molecule has 2 rings (SSSR count). The zero-order valence-corrected chi connectivity index (χ0v) is 11.8. The molecule has 1 aromatic heterocycles. The highest BCUT2D eigenvalue weighted by atomic mass is 16.6.